The smallest absolute Gasteiger partial charge is 0.383 e. The van der Waals surface area contributed by atoms with E-state index in [1.54, 1.807) is 18.2 Å². The zero-order valence-electron chi connectivity index (χ0n) is 11.1. The Morgan fingerprint density at radius 1 is 1.00 bits per heavy atom. The van der Waals surface area contributed by atoms with Crippen molar-refractivity contribution in [2.24, 2.45) is 0 Å². The number of carbonyl (C=O) groups excluding carboxylic acids is 1. The fourth-order valence-electron chi connectivity index (χ4n) is 2.01. The predicted octanol–water partition coefficient (Wildman–Crippen LogP) is 2.42. The number of phenols is 1. The molecule has 0 amide bonds. The Kier molecular flexibility index (Phi) is 3.27. The molecule has 0 aliphatic heterocycles. The van der Waals surface area contributed by atoms with Crippen molar-refractivity contribution in [2.75, 3.05) is 0 Å². The van der Waals surface area contributed by atoms with Gasteiger partial charge in [-0.05, 0) is 24.3 Å². The van der Waals surface area contributed by atoms with Crippen molar-refractivity contribution < 1.29 is 24.2 Å². The molecule has 0 saturated carbocycles. The van der Waals surface area contributed by atoms with Gasteiger partial charge in [0.2, 0.25) is 0 Å². The van der Waals surface area contributed by atoms with Crippen molar-refractivity contribution in [1.29, 1.82) is 0 Å². The maximum atomic E-state index is 12.0. The molecule has 22 heavy (non-hydrogen) atoms. The average molecular weight is 298 g/mol. The van der Waals surface area contributed by atoms with Gasteiger partial charge >= 0.3 is 11.6 Å². The van der Waals surface area contributed by atoms with E-state index < -0.39 is 23.1 Å². The number of phenolic OH excluding ortho intramolecular Hbond substituents is 1. The highest BCUT2D eigenvalue weighted by Gasteiger charge is 2.21. The normalized spacial score (nSPS) is 10.5. The third-order valence-corrected chi connectivity index (χ3v) is 3.05. The van der Waals surface area contributed by atoms with E-state index in [0.29, 0.717) is 0 Å². The van der Waals surface area contributed by atoms with Crippen LogP contribution in [-0.4, -0.2) is 16.2 Å². The number of hydrogen-bond acceptors (Lipinski definition) is 6. The van der Waals surface area contributed by atoms with Gasteiger partial charge in [-0.2, -0.15) is 0 Å². The van der Waals surface area contributed by atoms with Crippen molar-refractivity contribution in [3.8, 4) is 17.2 Å². The van der Waals surface area contributed by atoms with Crippen LogP contribution in [0.25, 0.3) is 11.0 Å². The fraction of sp³-hybridized carbons (Fsp3) is 0. The molecule has 110 valence electrons. The van der Waals surface area contributed by atoms with Crippen LogP contribution in [0.2, 0.25) is 0 Å². The third kappa shape index (κ3) is 2.26. The Balaban J connectivity index is 2.10. The highest BCUT2D eigenvalue weighted by molar-refractivity contribution is 5.94. The summed E-state index contributed by atoms with van der Waals surface area (Å²) in [6.45, 7) is 0. The van der Waals surface area contributed by atoms with Gasteiger partial charge in [0.1, 0.15) is 16.7 Å². The predicted molar refractivity (Wildman–Crippen MR) is 77.2 cm³/mol. The zero-order valence-corrected chi connectivity index (χ0v) is 11.1. The molecular weight excluding hydrogens is 288 g/mol. The lowest BCUT2D eigenvalue weighted by Gasteiger charge is -2.08. The van der Waals surface area contributed by atoms with Gasteiger partial charge < -0.3 is 19.4 Å². The molecule has 0 atom stereocenters. The molecule has 0 fully saturated rings. The second kappa shape index (κ2) is 5.25. The van der Waals surface area contributed by atoms with Gasteiger partial charge in [0.05, 0.1) is 5.56 Å². The molecule has 3 aromatic rings. The second-order valence-corrected chi connectivity index (χ2v) is 4.47. The second-order valence-electron chi connectivity index (χ2n) is 4.47. The first kappa shape index (κ1) is 13.7. The number of benzene rings is 2. The molecule has 2 aromatic carbocycles. The van der Waals surface area contributed by atoms with Crippen LogP contribution in [0.4, 0.5) is 0 Å². The van der Waals surface area contributed by atoms with Gasteiger partial charge in [0.25, 0.3) is 5.75 Å². The summed E-state index contributed by atoms with van der Waals surface area (Å²) < 4.78 is 9.86. The number of rotatable bonds is 2. The molecule has 0 spiro atoms. The van der Waals surface area contributed by atoms with Gasteiger partial charge in [0.15, 0.2) is 5.75 Å². The van der Waals surface area contributed by atoms with Crippen molar-refractivity contribution in [1.82, 2.24) is 0 Å². The molecule has 0 bridgehead atoms. The van der Waals surface area contributed by atoms with Crippen molar-refractivity contribution in [2.45, 2.75) is 0 Å². The molecule has 0 aliphatic carbocycles. The maximum Gasteiger partial charge on any atom is 0.383 e. The minimum absolute atomic E-state index is 0.0120. The Hall–Kier alpha value is -3.28. The number of aromatic hydroxyl groups is 2. The Labute approximate surface area is 123 Å². The van der Waals surface area contributed by atoms with Crippen LogP contribution in [-0.2, 0) is 0 Å². The highest BCUT2D eigenvalue weighted by atomic mass is 16.6. The van der Waals surface area contributed by atoms with E-state index in [1.165, 1.54) is 30.3 Å². The van der Waals surface area contributed by atoms with Gasteiger partial charge in [-0.3, -0.25) is 0 Å². The van der Waals surface area contributed by atoms with Crippen LogP contribution < -0.4 is 10.4 Å². The summed E-state index contributed by atoms with van der Waals surface area (Å²) in [5.41, 5.74) is -0.819. The molecule has 3 rings (SSSR count). The largest absolute Gasteiger partial charge is 0.507 e. The first-order valence-electron chi connectivity index (χ1n) is 6.33. The number of carbonyl (C=O) groups is 1. The SMILES string of the molecule is O=C(Oc1c(O)c2c(O)cccc2oc1=O)c1ccccc1. The summed E-state index contributed by atoms with van der Waals surface area (Å²) in [6.07, 6.45) is 0. The minimum Gasteiger partial charge on any atom is -0.507 e. The van der Waals surface area contributed by atoms with E-state index in [0.717, 1.165) is 0 Å². The zero-order chi connectivity index (χ0) is 15.7. The lowest BCUT2D eigenvalue weighted by molar-refractivity contribution is 0.0723. The van der Waals surface area contributed by atoms with Crippen LogP contribution in [0.1, 0.15) is 10.4 Å². The summed E-state index contributed by atoms with van der Waals surface area (Å²) in [5, 5.41) is 19.8. The maximum absolute atomic E-state index is 12.0. The van der Waals surface area contributed by atoms with Crippen LogP contribution in [0.15, 0.2) is 57.7 Å². The van der Waals surface area contributed by atoms with E-state index in [4.69, 9.17) is 9.15 Å². The summed E-state index contributed by atoms with van der Waals surface area (Å²) in [5.74, 6) is -2.43. The first-order valence-corrected chi connectivity index (χ1v) is 6.33. The molecule has 0 radical (unpaired) electrons. The standard InChI is InChI=1S/C16H10O6/c17-10-7-4-8-11-12(10)13(18)14(16(20)21-11)22-15(19)9-5-2-1-3-6-9/h1-8,17-18H. The molecule has 0 aliphatic rings. The number of ether oxygens (including phenoxy) is 1. The van der Waals surface area contributed by atoms with Crippen LogP contribution in [0.5, 0.6) is 17.2 Å². The topological polar surface area (TPSA) is 97.0 Å². The Bertz CT molecular complexity index is 911. The lowest BCUT2D eigenvalue weighted by Crippen LogP contribution is -2.14. The summed E-state index contributed by atoms with van der Waals surface area (Å²) in [6, 6.07) is 12.1. The first-order chi connectivity index (χ1) is 10.6. The third-order valence-electron chi connectivity index (χ3n) is 3.05. The number of hydrogen-bond donors (Lipinski definition) is 2. The minimum atomic E-state index is -1.01. The Morgan fingerprint density at radius 2 is 1.73 bits per heavy atom. The summed E-state index contributed by atoms with van der Waals surface area (Å²) >= 11 is 0. The van der Waals surface area contributed by atoms with Gasteiger partial charge in [-0.25, -0.2) is 9.59 Å². The van der Waals surface area contributed by atoms with E-state index in [9.17, 15) is 19.8 Å². The molecule has 0 unspecified atom stereocenters. The number of fused-ring (bicyclic) bond motifs is 1. The molecule has 6 nitrogen and oxygen atoms in total. The monoisotopic (exact) mass is 298 g/mol. The van der Waals surface area contributed by atoms with E-state index >= 15 is 0 Å². The lowest BCUT2D eigenvalue weighted by atomic mass is 10.2. The van der Waals surface area contributed by atoms with Gasteiger partial charge in [0, 0.05) is 0 Å². The summed E-state index contributed by atoms with van der Waals surface area (Å²) in [7, 11) is 0. The van der Waals surface area contributed by atoms with E-state index in [2.05, 4.69) is 0 Å². The van der Waals surface area contributed by atoms with E-state index in [-0.39, 0.29) is 22.3 Å². The van der Waals surface area contributed by atoms with Crippen molar-refractivity contribution in [3.05, 3.63) is 64.5 Å². The summed E-state index contributed by atoms with van der Waals surface area (Å²) in [4.78, 5) is 23.8. The van der Waals surface area contributed by atoms with Crippen LogP contribution >= 0.6 is 0 Å². The quantitative estimate of drug-likeness (QED) is 0.557. The van der Waals surface area contributed by atoms with Gasteiger partial charge in [-0.1, -0.05) is 24.3 Å². The van der Waals surface area contributed by atoms with Crippen LogP contribution in [0, 0.1) is 0 Å². The molecule has 2 N–H and O–H groups in total. The molecule has 1 heterocycles. The van der Waals surface area contributed by atoms with Gasteiger partial charge in [-0.15, -0.1) is 0 Å². The fourth-order valence-corrected chi connectivity index (χ4v) is 2.01. The van der Waals surface area contributed by atoms with Crippen molar-refractivity contribution >= 4 is 16.9 Å². The highest BCUT2D eigenvalue weighted by Crippen LogP contribution is 2.37. The molecular formula is C16H10O6. The molecule has 6 heteroatoms. The Morgan fingerprint density at radius 3 is 2.45 bits per heavy atom. The van der Waals surface area contributed by atoms with Crippen LogP contribution in [0.3, 0.4) is 0 Å². The number of esters is 1. The molecule has 1 aromatic heterocycles. The van der Waals surface area contributed by atoms with E-state index in [1.807, 2.05) is 0 Å². The molecule has 0 saturated heterocycles. The average Bonchev–Trinajstić information content (AvgIpc) is 2.52. The van der Waals surface area contributed by atoms with Crippen molar-refractivity contribution in [3.63, 3.8) is 0 Å².